The third-order valence-corrected chi connectivity index (χ3v) is 7.80. The van der Waals surface area contributed by atoms with Crippen molar-refractivity contribution < 1.29 is 22.7 Å². The van der Waals surface area contributed by atoms with Crippen LogP contribution in [0, 0.1) is 23.4 Å². The van der Waals surface area contributed by atoms with Crippen LogP contribution in [0.25, 0.3) is 0 Å². The van der Waals surface area contributed by atoms with Gasteiger partial charge in [-0.3, -0.25) is 9.69 Å². The van der Waals surface area contributed by atoms with Gasteiger partial charge in [0.1, 0.15) is 17.5 Å². The summed E-state index contributed by atoms with van der Waals surface area (Å²) in [5.41, 5.74) is 1.33. The van der Waals surface area contributed by atoms with E-state index >= 15 is 0 Å². The molecule has 1 amide bonds. The van der Waals surface area contributed by atoms with Crippen molar-refractivity contribution in [1.29, 1.82) is 0 Å². The van der Waals surface area contributed by atoms with Crippen molar-refractivity contribution in [2.75, 3.05) is 44.3 Å². The summed E-state index contributed by atoms with van der Waals surface area (Å²) in [4.78, 5) is 20.3. The first kappa shape index (κ1) is 24.1. The van der Waals surface area contributed by atoms with Crippen molar-refractivity contribution in [1.82, 2.24) is 9.80 Å². The van der Waals surface area contributed by atoms with Crippen molar-refractivity contribution in [3.8, 4) is 0 Å². The maximum atomic E-state index is 14.8. The summed E-state index contributed by atoms with van der Waals surface area (Å²) in [6.45, 7) is 7.58. The van der Waals surface area contributed by atoms with Crippen LogP contribution in [-0.2, 0) is 9.53 Å². The molecule has 3 fully saturated rings. The Bertz CT molecular complexity index is 1050. The first-order chi connectivity index (χ1) is 16.8. The number of hydrogen-bond donors (Lipinski definition) is 0. The molecule has 0 N–H and O–H groups in total. The molecule has 0 radical (unpaired) electrons. The number of ether oxygens (including phenoxy) is 1. The second kappa shape index (κ2) is 9.82. The van der Waals surface area contributed by atoms with E-state index in [-0.39, 0.29) is 35.8 Å². The minimum absolute atomic E-state index is 0.0117. The lowest BCUT2D eigenvalue weighted by Crippen LogP contribution is -2.59. The fraction of sp³-hybridized carbons (Fsp3) is 0.519. The van der Waals surface area contributed by atoms with E-state index in [1.165, 1.54) is 24.3 Å². The summed E-state index contributed by atoms with van der Waals surface area (Å²) in [7, 11) is 0. The van der Waals surface area contributed by atoms with E-state index < -0.39 is 17.6 Å². The van der Waals surface area contributed by atoms with Gasteiger partial charge in [-0.25, -0.2) is 13.2 Å². The van der Waals surface area contributed by atoms with E-state index in [1.54, 1.807) is 12.1 Å². The zero-order chi connectivity index (χ0) is 24.7. The summed E-state index contributed by atoms with van der Waals surface area (Å²) >= 11 is 0. The zero-order valence-electron chi connectivity index (χ0n) is 20.2. The summed E-state index contributed by atoms with van der Waals surface area (Å²) in [5, 5.41) is 0. The van der Waals surface area contributed by atoms with Crippen LogP contribution in [0.3, 0.4) is 0 Å². The highest BCUT2D eigenvalue weighted by Gasteiger charge is 2.45. The molecule has 0 aliphatic carbocycles. The van der Waals surface area contributed by atoms with Crippen LogP contribution in [-0.4, -0.2) is 73.2 Å². The Balaban J connectivity index is 1.37. The van der Waals surface area contributed by atoms with E-state index in [4.69, 9.17) is 4.74 Å². The van der Waals surface area contributed by atoms with E-state index in [9.17, 15) is 18.0 Å². The number of amides is 1. The molecule has 3 aliphatic rings. The fourth-order valence-corrected chi connectivity index (χ4v) is 6.17. The standard InChI is InChI=1S/C27H32F3N3O2/c1-17-12-32(13-18(2)33(17)21-6-3-19(28)4-7-21)27(34)25-15-31(22-9-10-35-16-22)14-24(25)23-8-5-20(29)11-26(23)30/h3-8,11,17-18,22,24-25H,9-10,12-16H2,1-2H3/t17-,18+,22-,24-,25+/m1/s1. The molecular weight excluding hydrogens is 455 g/mol. The molecule has 35 heavy (non-hydrogen) atoms. The van der Waals surface area contributed by atoms with Gasteiger partial charge in [0.05, 0.1) is 12.5 Å². The van der Waals surface area contributed by atoms with Crippen LogP contribution in [0.4, 0.5) is 18.9 Å². The number of rotatable bonds is 4. The number of piperazine rings is 1. The number of carbonyl (C=O) groups excluding carboxylic acids is 1. The van der Waals surface area contributed by atoms with Crippen molar-refractivity contribution >= 4 is 11.6 Å². The smallest absolute Gasteiger partial charge is 0.227 e. The monoisotopic (exact) mass is 487 g/mol. The molecule has 5 rings (SSSR count). The lowest BCUT2D eigenvalue weighted by Gasteiger charge is -2.46. The zero-order valence-corrected chi connectivity index (χ0v) is 20.2. The second-order valence-electron chi connectivity index (χ2n) is 10.2. The average Bonchev–Trinajstić information content (AvgIpc) is 3.49. The van der Waals surface area contributed by atoms with Gasteiger partial charge in [-0.1, -0.05) is 6.07 Å². The van der Waals surface area contributed by atoms with Gasteiger partial charge < -0.3 is 14.5 Å². The fourth-order valence-electron chi connectivity index (χ4n) is 6.17. The summed E-state index contributed by atoms with van der Waals surface area (Å²) < 4.78 is 47.4. The molecule has 2 aromatic rings. The summed E-state index contributed by atoms with van der Waals surface area (Å²) in [5.74, 6) is -2.23. The SMILES string of the molecule is C[C@@H]1CN(C(=O)[C@H]2CN([C@@H]3CCOC3)C[C@@H]2c2ccc(F)cc2F)C[C@H](C)N1c1ccc(F)cc1. The van der Waals surface area contributed by atoms with Gasteiger partial charge in [0, 0.05) is 68.6 Å². The van der Waals surface area contributed by atoms with E-state index in [2.05, 4.69) is 23.6 Å². The lowest BCUT2D eigenvalue weighted by atomic mass is 9.87. The summed E-state index contributed by atoms with van der Waals surface area (Å²) in [6, 6.07) is 10.4. The first-order valence-electron chi connectivity index (χ1n) is 12.4. The largest absolute Gasteiger partial charge is 0.380 e. The molecule has 5 atom stereocenters. The van der Waals surface area contributed by atoms with Gasteiger partial charge in [0.15, 0.2) is 0 Å². The molecule has 0 unspecified atom stereocenters. The number of hydrogen-bond acceptors (Lipinski definition) is 4. The molecule has 8 heteroatoms. The van der Waals surface area contributed by atoms with E-state index in [1.807, 2.05) is 4.90 Å². The van der Waals surface area contributed by atoms with Gasteiger partial charge >= 0.3 is 0 Å². The Kier molecular flexibility index (Phi) is 6.77. The number of carbonyl (C=O) groups is 1. The Morgan fingerprint density at radius 3 is 2.23 bits per heavy atom. The number of benzene rings is 2. The molecule has 0 aromatic heterocycles. The molecule has 188 valence electrons. The highest BCUT2D eigenvalue weighted by molar-refractivity contribution is 5.81. The Morgan fingerprint density at radius 2 is 1.60 bits per heavy atom. The van der Waals surface area contributed by atoms with Gasteiger partial charge in [-0.2, -0.15) is 0 Å². The molecule has 3 aliphatic heterocycles. The number of likely N-dealkylation sites (tertiary alicyclic amines) is 1. The molecule has 0 spiro atoms. The van der Waals surface area contributed by atoms with E-state index in [0.29, 0.717) is 45.0 Å². The minimum atomic E-state index is -0.618. The van der Waals surface area contributed by atoms with Crippen LogP contribution in [0.1, 0.15) is 31.7 Å². The normalized spacial score (nSPS) is 29.7. The van der Waals surface area contributed by atoms with Crippen LogP contribution in [0.2, 0.25) is 0 Å². The number of anilines is 1. The molecule has 5 nitrogen and oxygen atoms in total. The predicted octanol–water partition coefficient (Wildman–Crippen LogP) is 4.03. The summed E-state index contributed by atoms with van der Waals surface area (Å²) in [6.07, 6.45) is 0.893. The second-order valence-corrected chi connectivity index (χ2v) is 10.2. The quantitative estimate of drug-likeness (QED) is 0.653. The van der Waals surface area contributed by atoms with Gasteiger partial charge in [0.2, 0.25) is 5.91 Å². The number of nitrogens with zero attached hydrogens (tertiary/aromatic N) is 3. The van der Waals surface area contributed by atoms with Crippen molar-refractivity contribution in [3.05, 3.63) is 65.5 Å². The predicted molar refractivity (Wildman–Crippen MR) is 128 cm³/mol. The highest BCUT2D eigenvalue weighted by Crippen LogP contribution is 2.38. The topological polar surface area (TPSA) is 36.0 Å². The third-order valence-electron chi connectivity index (χ3n) is 7.80. The Morgan fingerprint density at radius 1 is 0.914 bits per heavy atom. The molecule has 3 saturated heterocycles. The first-order valence-corrected chi connectivity index (χ1v) is 12.4. The maximum Gasteiger partial charge on any atom is 0.227 e. The van der Waals surface area contributed by atoms with Crippen molar-refractivity contribution in [2.45, 2.75) is 44.3 Å². The van der Waals surface area contributed by atoms with Crippen molar-refractivity contribution in [2.24, 2.45) is 5.92 Å². The van der Waals surface area contributed by atoms with Gasteiger partial charge in [-0.05, 0) is 56.2 Å². The van der Waals surface area contributed by atoms with Gasteiger partial charge in [-0.15, -0.1) is 0 Å². The highest BCUT2D eigenvalue weighted by atomic mass is 19.1. The lowest BCUT2D eigenvalue weighted by molar-refractivity contribution is -0.137. The molecule has 2 aromatic carbocycles. The molecule has 0 bridgehead atoms. The van der Waals surface area contributed by atoms with Crippen LogP contribution in [0.5, 0.6) is 0 Å². The maximum absolute atomic E-state index is 14.8. The number of halogens is 3. The van der Waals surface area contributed by atoms with E-state index in [0.717, 1.165) is 18.2 Å². The Hall–Kier alpha value is -2.58. The van der Waals surface area contributed by atoms with Crippen LogP contribution in [0.15, 0.2) is 42.5 Å². The average molecular weight is 488 g/mol. The van der Waals surface area contributed by atoms with Gasteiger partial charge in [0.25, 0.3) is 0 Å². The van der Waals surface area contributed by atoms with Crippen LogP contribution >= 0.6 is 0 Å². The molecule has 0 saturated carbocycles. The Labute approximate surface area is 204 Å². The minimum Gasteiger partial charge on any atom is -0.380 e. The van der Waals surface area contributed by atoms with Crippen LogP contribution < -0.4 is 4.90 Å². The van der Waals surface area contributed by atoms with Crippen molar-refractivity contribution in [3.63, 3.8) is 0 Å². The third kappa shape index (κ3) is 4.78. The molecular formula is C27H32F3N3O2. The molecule has 3 heterocycles.